The fourth-order valence-corrected chi connectivity index (χ4v) is 7.43. The molecule has 10 aromatic rings. The lowest BCUT2D eigenvalue weighted by Crippen LogP contribution is -2.00. The number of rotatable bonds is 4. The molecule has 0 spiro atoms. The van der Waals surface area contributed by atoms with Crippen molar-refractivity contribution < 1.29 is 0 Å². The molecule has 8 aromatic carbocycles. The molecule has 10 rings (SSSR count). The molecule has 0 atom stereocenters. The van der Waals surface area contributed by atoms with Gasteiger partial charge in [0.05, 0.1) is 11.0 Å². The number of nitrogens with zero attached hydrogens (tertiary/aromatic N) is 4. The first kappa shape index (κ1) is 27.5. The van der Waals surface area contributed by atoms with Gasteiger partial charge in [-0.25, -0.2) is 15.0 Å². The Morgan fingerprint density at radius 2 is 0.796 bits per heavy atom. The van der Waals surface area contributed by atoms with E-state index in [1.165, 1.54) is 54.1 Å². The molecule has 0 bridgehead atoms. The minimum Gasteiger partial charge on any atom is -0.309 e. The number of hydrogen-bond donors (Lipinski definition) is 0. The molecule has 228 valence electrons. The van der Waals surface area contributed by atoms with E-state index in [0.29, 0.717) is 17.5 Å². The molecule has 0 unspecified atom stereocenters. The summed E-state index contributed by atoms with van der Waals surface area (Å²) in [5.41, 5.74) is 6.43. The van der Waals surface area contributed by atoms with Crippen molar-refractivity contribution in [3.8, 4) is 39.9 Å². The predicted molar refractivity (Wildman–Crippen MR) is 203 cm³/mol. The number of benzene rings is 8. The Hall–Kier alpha value is -6.65. The summed E-state index contributed by atoms with van der Waals surface area (Å²) in [7, 11) is 0. The van der Waals surface area contributed by atoms with E-state index in [0.717, 1.165) is 22.4 Å². The second kappa shape index (κ2) is 11.0. The zero-order chi connectivity index (χ0) is 32.3. The number of aromatic nitrogens is 4. The topological polar surface area (TPSA) is 43.6 Å². The van der Waals surface area contributed by atoms with E-state index in [4.69, 9.17) is 15.0 Å². The summed E-state index contributed by atoms with van der Waals surface area (Å²) in [6.07, 6.45) is 0. The van der Waals surface area contributed by atoms with Crippen LogP contribution in [0, 0.1) is 0 Å². The van der Waals surface area contributed by atoms with Crippen molar-refractivity contribution in [1.82, 2.24) is 19.5 Å². The predicted octanol–water partition coefficient (Wildman–Crippen LogP) is 11.4. The first-order valence-corrected chi connectivity index (χ1v) is 16.5. The molecule has 0 amide bonds. The van der Waals surface area contributed by atoms with E-state index in [2.05, 4.69) is 114 Å². The molecule has 4 nitrogen and oxygen atoms in total. The molecule has 0 aliphatic carbocycles. The first-order valence-electron chi connectivity index (χ1n) is 16.5. The van der Waals surface area contributed by atoms with Crippen LogP contribution in [0.1, 0.15) is 0 Å². The van der Waals surface area contributed by atoms with Gasteiger partial charge < -0.3 is 4.57 Å². The largest absolute Gasteiger partial charge is 0.309 e. The smallest absolute Gasteiger partial charge is 0.164 e. The van der Waals surface area contributed by atoms with Crippen LogP contribution in [-0.4, -0.2) is 19.5 Å². The van der Waals surface area contributed by atoms with Crippen LogP contribution in [0.25, 0.3) is 94.0 Å². The van der Waals surface area contributed by atoms with Crippen molar-refractivity contribution in [1.29, 1.82) is 0 Å². The Balaban J connectivity index is 1.26. The van der Waals surface area contributed by atoms with Gasteiger partial charge in [-0.15, -0.1) is 0 Å². The first-order chi connectivity index (χ1) is 24.3. The average Bonchev–Trinajstić information content (AvgIpc) is 3.53. The van der Waals surface area contributed by atoms with Crippen LogP contribution >= 0.6 is 0 Å². The third-order valence-corrected chi connectivity index (χ3v) is 9.61. The van der Waals surface area contributed by atoms with Crippen LogP contribution in [0.4, 0.5) is 0 Å². The summed E-state index contributed by atoms with van der Waals surface area (Å²) >= 11 is 0. The fourth-order valence-electron chi connectivity index (χ4n) is 7.43. The standard InChI is InChI=1S/C45H28N4/c1-4-14-29(15-5-1)43-46-44(30-16-6-2-7-17-30)48-45(47-43)31-24-25-34-36-26-27-40-42(41(36)35-21-11-10-20-33(35)38(34)28-31)37-22-12-13-23-39(37)49(40)32-18-8-3-9-19-32/h1-28H. The molecule has 0 aliphatic heterocycles. The maximum atomic E-state index is 5.03. The van der Waals surface area contributed by atoms with Crippen LogP contribution < -0.4 is 0 Å². The lowest BCUT2D eigenvalue weighted by Gasteiger charge is -2.14. The van der Waals surface area contributed by atoms with Gasteiger partial charge in [0, 0.05) is 38.5 Å². The number of hydrogen-bond acceptors (Lipinski definition) is 3. The Morgan fingerprint density at radius 1 is 0.306 bits per heavy atom. The minimum atomic E-state index is 0.653. The molecule has 2 heterocycles. The van der Waals surface area contributed by atoms with Gasteiger partial charge in [-0.1, -0.05) is 140 Å². The quantitative estimate of drug-likeness (QED) is 0.183. The van der Waals surface area contributed by atoms with Crippen LogP contribution in [-0.2, 0) is 0 Å². The van der Waals surface area contributed by atoms with Crippen LogP contribution in [0.15, 0.2) is 170 Å². The third kappa shape index (κ3) is 4.35. The van der Waals surface area contributed by atoms with Gasteiger partial charge in [0.1, 0.15) is 0 Å². The molecule has 0 saturated heterocycles. The van der Waals surface area contributed by atoms with E-state index >= 15 is 0 Å². The van der Waals surface area contributed by atoms with E-state index in [-0.39, 0.29) is 0 Å². The lowest BCUT2D eigenvalue weighted by atomic mass is 9.91. The number of para-hydroxylation sites is 2. The number of fused-ring (bicyclic) bond motifs is 10. The highest BCUT2D eigenvalue weighted by molar-refractivity contribution is 6.35. The van der Waals surface area contributed by atoms with Gasteiger partial charge >= 0.3 is 0 Å². The van der Waals surface area contributed by atoms with Crippen LogP contribution in [0.5, 0.6) is 0 Å². The molecule has 0 fully saturated rings. The van der Waals surface area contributed by atoms with E-state index in [9.17, 15) is 0 Å². The molecule has 0 radical (unpaired) electrons. The maximum Gasteiger partial charge on any atom is 0.164 e. The van der Waals surface area contributed by atoms with Crippen LogP contribution in [0.2, 0.25) is 0 Å². The molecule has 2 aromatic heterocycles. The van der Waals surface area contributed by atoms with Crippen molar-refractivity contribution >= 4 is 54.1 Å². The summed E-state index contributed by atoms with van der Waals surface area (Å²) in [5, 5.41) is 9.85. The SMILES string of the molecule is c1ccc(-c2nc(-c3ccccc3)nc(-c3ccc4c(c3)c3ccccc3c3c4ccc4c3c3ccccc3n4-c3ccccc3)n2)cc1. The van der Waals surface area contributed by atoms with Crippen molar-refractivity contribution in [3.63, 3.8) is 0 Å². The van der Waals surface area contributed by atoms with E-state index in [1.807, 2.05) is 60.7 Å². The van der Waals surface area contributed by atoms with Gasteiger partial charge in [-0.05, 0) is 57.3 Å². The molecule has 4 heteroatoms. The third-order valence-electron chi connectivity index (χ3n) is 9.61. The monoisotopic (exact) mass is 624 g/mol. The highest BCUT2D eigenvalue weighted by atomic mass is 15.0. The summed E-state index contributed by atoms with van der Waals surface area (Å²) in [4.78, 5) is 15.0. The molecule has 0 aliphatic rings. The summed E-state index contributed by atoms with van der Waals surface area (Å²) < 4.78 is 2.39. The lowest BCUT2D eigenvalue weighted by molar-refractivity contribution is 1.07. The Morgan fingerprint density at radius 3 is 1.47 bits per heavy atom. The molecule has 49 heavy (non-hydrogen) atoms. The van der Waals surface area contributed by atoms with Gasteiger partial charge in [0.2, 0.25) is 0 Å². The Labute approximate surface area is 282 Å². The van der Waals surface area contributed by atoms with Crippen molar-refractivity contribution in [2.24, 2.45) is 0 Å². The van der Waals surface area contributed by atoms with Gasteiger partial charge in [0.25, 0.3) is 0 Å². The van der Waals surface area contributed by atoms with E-state index < -0.39 is 0 Å². The van der Waals surface area contributed by atoms with Crippen molar-refractivity contribution in [2.75, 3.05) is 0 Å². The second-order valence-corrected chi connectivity index (χ2v) is 12.4. The fraction of sp³-hybridized carbons (Fsp3) is 0. The molecule has 0 saturated carbocycles. The zero-order valence-electron chi connectivity index (χ0n) is 26.5. The Bertz CT molecular complexity index is 2780. The maximum absolute atomic E-state index is 5.03. The Kier molecular flexibility index (Phi) is 6.15. The van der Waals surface area contributed by atoms with Gasteiger partial charge in [-0.2, -0.15) is 0 Å². The molecular formula is C45H28N4. The second-order valence-electron chi connectivity index (χ2n) is 12.4. The van der Waals surface area contributed by atoms with Gasteiger partial charge in [0.15, 0.2) is 17.5 Å². The normalized spacial score (nSPS) is 11.7. The van der Waals surface area contributed by atoms with E-state index in [1.54, 1.807) is 0 Å². The minimum absolute atomic E-state index is 0.653. The average molecular weight is 625 g/mol. The van der Waals surface area contributed by atoms with Gasteiger partial charge in [-0.3, -0.25) is 0 Å². The molecule has 0 N–H and O–H groups in total. The van der Waals surface area contributed by atoms with Crippen LogP contribution in [0.3, 0.4) is 0 Å². The van der Waals surface area contributed by atoms with Crippen molar-refractivity contribution in [3.05, 3.63) is 170 Å². The zero-order valence-corrected chi connectivity index (χ0v) is 26.5. The van der Waals surface area contributed by atoms with Crippen molar-refractivity contribution in [2.45, 2.75) is 0 Å². The summed E-state index contributed by atoms with van der Waals surface area (Å²) in [5.74, 6) is 1.97. The molecular weight excluding hydrogens is 597 g/mol. The highest BCUT2D eigenvalue weighted by Gasteiger charge is 2.19. The summed E-state index contributed by atoms with van der Waals surface area (Å²) in [6, 6.07) is 59.7. The highest BCUT2D eigenvalue weighted by Crippen LogP contribution is 2.44. The summed E-state index contributed by atoms with van der Waals surface area (Å²) in [6.45, 7) is 0.